The number of rotatable bonds is 42. The zero-order chi connectivity index (χ0) is 61.0. The lowest BCUT2D eigenvalue weighted by atomic mass is 10.0. The van der Waals surface area contributed by atoms with Crippen molar-refractivity contribution in [2.24, 2.45) is 34.6 Å². The van der Waals surface area contributed by atoms with E-state index >= 15 is 0 Å². The van der Waals surface area contributed by atoms with Crippen molar-refractivity contribution in [3.63, 3.8) is 0 Å². The molecule has 0 aliphatic heterocycles. The van der Waals surface area contributed by atoms with Gasteiger partial charge in [0.05, 0.1) is 19.2 Å². The fourth-order valence-corrected chi connectivity index (χ4v) is 8.44. The average molecular weight is 1160 g/mol. The molecule has 0 aromatic heterocycles. The van der Waals surface area contributed by atoms with Crippen LogP contribution in [0.5, 0.6) is 5.75 Å². The molecule has 82 heavy (non-hydrogen) atoms. The summed E-state index contributed by atoms with van der Waals surface area (Å²) >= 11 is 0. The number of carbonyl (C=O) groups is 10. The first-order chi connectivity index (χ1) is 39.2. The van der Waals surface area contributed by atoms with Gasteiger partial charge >= 0.3 is 5.97 Å². The molecule has 0 aliphatic rings. The number of amides is 9. The highest BCUT2D eigenvalue weighted by Crippen LogP contribution is 2.15. The summed E-state index contributed by atoms with van der Waals surface area (Å²) in [6.45, 7) is 2.37. The van der Waals surface area contributed by atoms with Crippen LogP contribution < -0.4 is 76.5 Å². The van der Waals surface area contributed by atoms with Crippen LogP contribution in [-0.4, -0.2) is 169 Å². The van der Waals surface area contributed by atoms with Crippen LogP contribution in [0.25, 0.3) is 0 Å². The Balaban J connectivity index is 2.33. The number of carboxylic acid groups (broad SMARTS) is 1. The van der Waals surface area contributed by atoms with E-state index in [2.05, 4.69) is 47.9 Å². The second-order valence-electron chi connectivity index (χ2n) is 20.4. The molecule has 0 radical (unpaired) electrons. The predicted octanol–water partition coefficient (Wildman–Crippen LogP) is -3.23. The predicted molar refractivity (Wildman–Crippen MR) is 305 cm³/mol. The van der Waals surface area contributed by atoms with Crippen LogP contribution in [0.4, 0.5) is 0 Å². The van der Waals surface area contributed by atoms with E-state index in [4.69, 9.17) is 33.8 Å². The number of nitrogens with one attached hydrogen (secondary N) is 9. The van der Waals surface area contributed by atoms with Crippen molar-refractivity contribution >= 4 is 59.1 Å². The first-order valence-corrected chi connectivity index (χ1v) is 28.0. The third kappa shape index (κ3) is 28.4. The molecular weight excluding hydrogens is 1060 g/mol. The second-order valence-corrected chi connectivity index (χ2v) is 20.4. The van der Waals surface area contributed by atoms with Crippen molar-refractivity contribution in [1.29, 1.82) is 0 Å². The number of aliphatic hydroxyl groups is 1. The highest BCUT2D eigenvalue weighted by atomic mass is 16.4. The normalized spacial score (nSPS) is 14.0. The van der Waals surface area contributed by atoms with E-state index < -0.39 is 127 Å². The van der Waals surface area contributed by atoms with E-state index in [1.54, 1.807) is 38.1 Å². The molecule has 0 aliphatic carbocycles. The number of aromatic hydroxyl groups is 1. The Morgan fingerprint density at radius 1 is 0.439 bits per heavy atom. The molecule has 0 saturated carbocycles. The molecule has 8 atom stereocenters. The van der Waals surface area contributed by atoms with Gasteiger partial charge in [0.2, 0.25) is 53.2 Å². The van der Waals surface area contributed by atoms with Crippen LogP contribution in [0.3, 0.4) is 0 Å². The fraction of sp³-hybridized carbons (Fsp3) is 0.600. The van der Waals surface area contributed by atoms with Gasteiger partial charge in [-0.05, 0) is 145 Å². The number of phenols is 1. The number of aliphatic hydroxyl groups excluding tert-OH is 1. The summed E-state index contributed by atoms with van der Waals surface area (Å²) in [6.07, 6.45) is 3.83. The number of carbonyl (C=O) groups excluding carboxylic acids is 9. The van der Waals surface area contributed by atoms with Crippen LogP contribution in [0.15, 0.2) is 54.6 Å². The van der Waals surface area contributed by atoms with Gasteiger partial charge in [0.15, 0.2) is 0 Å². The SMILES string of the molecule is CC(C)C[C@H](NC(=O)CNC(=O)[C@H](CO)NC(=O)[C@H](CCCCN)NC(=O)[C@@H](N)Cc1ccccc1)C(=O)N[C@@H](CCCCN)C(=O)N[C@@H](Cc1ccc(O)cc1)C(=O)N[C@@H](CCCCN)C(=O)N[C@@H](CCCCN)C(=O)NCC(=O)O. The number of nitrogens with two attached hydrogens (primary N) is 5. The minimum Gasteiger partial charge on any atom is -0.508 e. The quantitative estimate of drug-likeness (QED) is 0.0291. The van der Waals surface area contributed by atoms with E-state index in [0.717, 1.165) is 5.56 Å². The standard InChI is InChI=1S/C55H90N14O13/c1-34(2)28-43(63-46(72)31-61-50(77)45(33-70)69-53(80)40(17-7-11-25-57)64-48(75)38(60)29-35-14-4-3-5-15-35)54(81)66-42(19-9-13-27-59)52(79)68-44(30-36-20-22-37(71)23-21-36)55(82)67-41(18-8-12-26-58)51(78)65-39(16-6-10-24-56)49(76)62-32-47(73)74/h3-5,14-15,20-23,34,38-45,70-71H,6-13,16-19,24-33,56-60H2,1-2H3,(H,61,77)(H,62,76)(H,63,72)(H,64,75)(H,65,78)(H,66,81)(H,67,82)(H,68,79)(H,69,80)(H,73,74)/t38-,39-,40-,41-,42-,43-,44-,45-/m0/s1. The maximum atomic E-state index is 14.4. The van der Waals surface area contributed by atoms with E-state index in [0.29, 0.717) is 70.0 Å². The molecule has 27 nitrogen and oxygen atoms in total. The van der Waals surface area contributed by atoms with Gasteiger partial charge in [-0.1, -0.05) is 56.3 Å². The minimum atomic E-state index is -1.57. The largest absolute Gasteiger partial charge is 0.508 e. The third-order valence-corrected chi connectivity index (χ3v) is 13.0. The summed E-state index contributed by atoms with van der Waals surface area (Å²) < 4.78 is 0. The maximum Gasteiger partial charge on any atom is 0.322 e. The van der Waals surface area contributed by atoms with E-state index in [-0.39, 0.29) is 69.7 Å². The Kier molecular flexibility index (Phi) is 34.5. The maximum absolute atomic E-state index is 14.4. The number of hydrogen-bond donors (Lipinski definition) is 17. The van der Waals surface area contributed by atoms with Crippen molar-refractivity contribution in [3.05, 3.63) is 65.7 Å². The topological polar surface area (TPSA) is 470 Å². The molecule has 9 amide bonds. The Hall–Kier alpha value is -7.30. The van der Waals surface area contributed by atoms with E-state index in [1.165, 1.54) is 24.3 Å². The molecule has 2 aromatic rings. The molecule has 0 saturated heterocycles. The highest BCUT2D eigenvalue weighted by molar-refractivity contribution is 5.98. The number of hydrogen-bond acceptors (Lipinski definition) is 17. The summed E-state index contributed by atoms with van der Waals surface area (Å²) in [5, 5.41) is 52.3. The zero-order valence-electron chi connectivity index (χ0n) is 47.3. The molecule has 458 valence electrons. The minimum absolute atomic E-state index is 0.0205. The molecule has 0 unspecified atom stereocenters. The number of phenolic OH excluding ortho intramolecular Hbond substituents is 1. The third-order valence-electron chi connectivity index (χ3n) is 13.0. The average Bonchev–Trinajstić information content (AvgIpc) is 3.46. The summed E-state index contributed by atoms with van der Waals surface area (Å²) in [5.74, 6) is -8.79. The van der Waals surface area contributed by atoms with Crippen molar-refractivity contribution in [1.82, 2.24) is 47.9 Å². The Morgan fingerprint density at radius 3 is 1.26 bits per heavy atom. The van der Waals surface area contributed by atoms with Gasteiger partial charge in [0.1, 0.15) is 54.6 Å². The number of aliphatic carboxylic acids is 1. The van der Waals surface area contributed by atoms with Crippen molar-refractivity contribution < 1.29 is 63.3 Å². The Labute approximate surface area is 479 Å². The zero-order valence-corrected chi connectivity index (χ0v) is 47.3. The molecule has 22 N–H and O–H groups in total. The van der Waals surface area contributed by atoms with E-state index in [9.17, 15) is 58.2 Å². The second kappa shape index (κ2) is 40.0. The first-order valence-electron chi connectivity index (χ1n) is 28.0. The van der Waals surface area contributed by atoms with Crippen LogP contribution in [0.2, 0.25) is 0 Å². The lowest BCUT2D eigenvalue weighted by Crippen LogP contribution is -2.60. The van der Waals surface area contributed by atoms with Gasteiger partial charge in [-0.3, -0.25) is 47.9 Å². The van der Waals surface area contributed by atoms with Crippen molar-refractivity contribution in [3.8, 4) is 5.75 Å². The van der Waals surface area contributed by atoms with Crippen molar-refractivity contribution in [2.75, 3.05) is 45.9 Å². The lowest BCUT2D eigenvalue weighted by Gasteiger charge is -2.28. The first kappa shape index (κ1) is 70.8. The Bertz CT molecular complexity index is 2310. The molecule has 0 fully saturated rings. The summed E-state index contributed by atoms with van der Waals surface area (Å²) in [6, 6.07) is 4.60. The monoisotopic (exact) mass is 1150 g/mol. The number of benzene rings is 2. The smallest absolute Gasteiger partial charge is 0.322 e. The fourth-order valence-electron chi connectivity index (χ4n) is 8.44. The van der Waals surface area contributed by atoms with Gasteiger partial charge in [0.25, 0.3) is 0 Å². The summed E-state index contributed by atoms with van der Waals surface area (Å²) in [4.78, 5) is 135. The van der Waals surface area contributed by atoms with Gasteiger partial charge in [-0.25, -0.2) is 0 Å². The van der Waals surface area contributed by atoms with Crippen LogP contribution in [0, 0.1) is 5.92 Å². The molecule has 27 heteroatoms. The Morgan fingerprint density at radius 2 is 0.817 bits per heavy atom. The molecule has 0 bridgehead atoms. The van der Waals surface area contributed by atoms with Crippen LogP contribution in [-0.2, 0) is 60.8 Å². The summed E-state index contributed by atoms with van der Waals surface area (Å²) in [7, 11) is 0. The van der Waals surface area contributed by atoms with Gasteiger partial charge in [-0.2, -0.15) is 0 Å². The molecule has 0 spiro atoms. The summed E-state index contributed by atoms with van der Waals surface area (Å²) in [5.41, 5.74) is 30.3. The molecule has 0 heterocycles. The van der Waals surface area contributed by atoms with Crippen LogP contribution in [0.1, 0.15) is 108 Å². The molecule has 2 aromatic carbocycles. The van der Waals surface area contributed by atoms with Crippen molar-refractivity contribution in [2.45, 2.75) is 158 Å². The van der Waals surface area contributed by atoms with Crippen LogP contribution >= 0.6 is 0 Å². The number of carboxylic acids is 1. The molecular formula is C55H90N14O13. The highest BCUT2D eigenvalue weighted by Gasteiger charge is 2.34. The van der Waals surface area contributed by atoms with Gasteiger partial charge in [-0.15, -0.1) is 0 Å². The lowest BCUT2D eigenvalue weighted by molar-refractivity contribution is -0.138. The molecule has 2 rings (SSSR count). The van der Waals surface area contributed by atoms with Gasteiger partial charge in [0, 0.05) is 6.42 Å². The van der Waals surface area contributed by atoms with Gasteiger partial charge < -0.3 is 91.8 Å². The number of unbranched alkanes of at least 4 members (excludes halogenated alkanes) is 4. The van der Waals surface area contributed by atoms with E-state index in [1.807, 2.05) is 6.07 Å².